The Morgan fingerprint density at radius 3 is 2.33 bits per heavy atom. The molecule has 0 aliphatic heterocycles. The predicted molar refractivity (Wildman–Crippen MR) is 61.4 cm³/mol. The van der Waals surface area contributed by atoms with E-state index in [0.717, 1.165) is 10.9 Å². The van der Waals surface area contributed by atoms with E-state index in [1.807, 2.05) is 12.1 Å². The third-order valence-electron chi connectivity index (χ3n) is 1.97. The van der Waals surface area contributed by atoms with Gasteiger partial charge in [0.05, 0.1) is 0 Å². The van der Waals surface area contributed by atoms with E-state index in [9.17, 15) is 4.79 Å². The van der Waals surface area contributed by atoms with Gasteiger partial charge >= 0.3 is 5.97 Å². The molecule has 3 nitrogen and oxygen atoms in total. The minimum Gasteiger partial charge on any atom is -0.478 e. The molecule has 0 amide bonds. The standard InChI is InChI=1S/C11H13BrO3/c1-11(2,10(13)14)15-9-5-3-8(7-12)4-6-9/h3-6H,7H2,1-2H3,(H,13,14). The quantitative estimate of drug-likeness (QED) is 0.858. The van der Waals surface area contributed by atoms with Gasteiger partial charge in [-0.2, -0.15) is 0 Å². The number of carboxylic acids is 1. The van der Waals surface area contributed by atoms with Crippen LogP contribution in [-0.2, 0) is 10.1 Å². The van der Waals surface area contributed by atoms with Crippen LogP contribution in [0.3, 0.4) is 0 Å². The molecule has 0 aliphatic rings. The first kappa shape index (κ1) is 12.0. The molecule has 4 heteroatoms. The van der Waals surface area contributed by atoms with Gasteiger partial charge < -0.3 is 9.84 Å². The molecule has 1 aromatic rings. The minimum atomic E-state index is -1.20. The van der Waals surface area contributed by atoms with Crippen molar-refractivity contribution in [3.8, 4) is 5.75 Å². The second kappa shape index (κ2) is 4.66. The smallest absolute Gasteiger partial charge is 0.347 e. The average Bonchev–Trinajstić information content (AvgIpc) is 2.18. The van der Waals surface area contributed by atoms with Gasteiger partial charge in [-0.1, -0.05) is 28.1 Å². The van der Waals surface area contributed by atoms with Gasteiger partial charge in [-0.3, -0.25) is 0 Å². The Balaban J connectivity index is 2.77. The summed E-state index contributed by atoms with van der Waals surface area (Å²) in [4.78, 5) is 10.8. The third-order valence-corrected chi connectivity index (χ3v) is 2.61. The molecule has 0 heterocycles. The summed E-state index contributed by atoms with van der Waals surface area (Å²) in [6, 6.07) is 7.31. The lowest BCUT2D eigenvalue weighted by Gasteiger charge is -2.21. The van der Waals surface area contributed by atoms with E-state index in [-0.39, 0.29) is 0 Å². The van der Waals surface area contributed by atoms with Crippen LogP contribution in [0, 0.1) is 0 Å². The molecule has 0 aromatic heterocycles. The molecule has 0 fully saturated rings. The Kier molecular flexibility index (Phi) is 3.74. The number of alkyl halides is 1. The Labute approximate surface area is 97.2 Å². The number of ether oxygens (including phenoxy) is 1. The molecule has 0 atom stereocenters. The Hall–Kier alpha value is -1.03. The van der Waals surface area contributed by atoms with Gasteiger partial charge in [0.1, 0.15) is 5.75 Å². The van der Waals surface area contributed by atoms with E-state index >= 15 is 0 Å². The van der Waals surface area contributed by atoms with Gasteiger partial charge in [0, 0.05) is 5.33 Å². The average molecular weight is 273 g/mol. The molecule has 0 saturated carbocycles. The molecule has 82 valence electrons. The second-order valence-corrected chi connectivity index (χ2v) is 4.26. The maximum Gasteiger partial charge on any atom is 0.347 e. The van der Waals surface area contributed by atoms with Crippen molar-refractivity contribution in [2.45, 2.75) is 24.8 Å². The van der Waals surface area contributed by atoms with E-state index < -0.39 is 11.6 Å². The lowest BCUT2D eigenvalue weighted by atomic mass is 10.1. The van der Waals surface area contributed by atoms with E-state index in [4.69, 9.17) is 9.84 Å². The Morgan fingerprint density at radius 1 is 1.40 bits per heavy atom. The number of carboxylic acid groups (broad SMARTS) is 1. The second-order valence-electron chi connectivity index (χ2n) is 3.70. The molecule has 1 aromatic carbocycles. The number of hydrogen-bond acceptors (Lipinski definition) is 2. The van der Waals surface area contributed by atoms with Gasteiger partial charge in [0.2, 0.25) is 0 Å². The van der Waals surface area contributed by atoms with Crippen LogP contribution in [0.2, 0.25) is 0 Å². The van der Waals surface area contributed by atoms with Gasteiger partial charge in [-0.25, -0.2) is 4.79 Å². The third kappa shape index (κ3) is 3.23. The van der Waals surface area contributed by atoms with Crippen molar-refractivity contribution in [3.05, 3.63) is 29.8 Å². The highest BCUT2D eigenvalue weighted by atomic mass is 79.9. The Morgan fingerprint density at radius 2 is 1.93 bits per heavy atom. The fraction of sp³-hybridized carbons (Fsp3) is 0.364. The number of hydrogen-bond donors (Lipinski definition) is 1. The fourth-order valence-corrected chi connectivity index (χ4v) is 1.36. The maximum absolute atomic E-state index is 10.8. The topological polar surface area (TPSA) is 46.5 Å². The molecule has 0 radical (unpaired) electrons. The van der Waals surface area contributed by atoms with Crippen molar-refractivity contribution in [1.29, 1.82) is 0 Å². The highest BCUT2D eigenvalue weighted by molar-refractivity contribution is 9.08. The molecular weight excluding hydrogens is 260 g/mol. The molecule has 0 unspecified atom stereocenters. The van der Waals surface area contributed by atoms with Crippen molar-refractivity contribution >= 4 is 21.9 Å². The van der Waals surface area contributed by atoms with Gasteiger partial charge in [0.25, 0.3) is 0 Å². The normalized spacial score (nSPS) is 11.1. The first-order valence-corrected chi connectivity index (χ1v) is 5.65. The number of benzene rings is 1. The van der Waals surface area contributed by atoms with E-state index in [1.165, 1.54) is 13.8 Å². The lowest BCUT2D eigenvalue weighted by Crippen LogP contribution is -2.37. The van der Waals surface area contributed by atoms with E-state index in [0.29, 0.717) is 5.75 Å². The lowest BCUT2D eigenvalue weighted by molar-refractivity contribution is -0.152. The number of carbonyl (C=O) groups is 1. The molecule has 0 saturated heterocycles. The minimum absolute atomic E-state index is 0.562. The van der Waals surface area contributed by atoms with Crippen molar-refractivity contribution in [2.24, 2.45) is 0 Å². The molecule has 1 N–H and O–H groups in total. The zero-order chi connectivity index (χ0) is 11.5. The summed E-state index contributed by atoms with van der Waals surface area (Å²) in [5.74, 6) is -0.417. The summed E-state index contributed by atoms with van der Waals surface area (Å²) in [7, 11) is 0. The maximum atomic E-state index is 10.8. The monoisotopic (exact) mass is 272 g/mol. The number of halogens is 1. The van der Waals surface area contributed by atoms with Crippen molar-refractivity contribution in [2.75, 3.05) is 0 Å². The predicted octanol–water partition coefficient (Wildman–Crippen LogP) is 2.82. The SMILES string of the molecule is CC(C)(Oc1ccc(CBr)cc1)C(=O)O. The molecule has 0 spiro atoms. The summed E-state index contributed by atoms with van der Waals surface area (Å²) in [6.07, 6.45) is 0. The van der Waals surface area contributed by atoms with Crippen LogP contribution in [0.1, 0.15) is 19.4 Å². The van der Waals surface area contributed by atoms with Crippen molar-refractivity contribution < 1.29 is 14.6 Å². The summed E-state index contributed by atoms with van der Waals surface area (Å²) in [5, 5.41) is 9.64. The first-order chi connectivity index (χ1) is 6.95. The van der Waals surface area contributed by atoms with Crippen LogP contribution in [0.25, 0.3) is 0 Å². The summed E-state index contributed by atoms with van der Waals surface area (Å²) in [6.45, 7) is 3.04. The van der Waals surface area contributed by atoms with E-state index in [1.54, 1.807) is 12.1 Å². The largest absolute Gasteiger partial charge is 0.478 e. The highest BCUT2D eigenvalue weighted by Gasteiger charge is 2.29. The van der Waals surface area contributed by atoms with Crippen molar-refractivity contribution in [3.63, 3.8) is 0 Å². The van der Waals surface area contributed by atoms with Crippen molar-refractivity contribution in [1.82, 2.24) is 0 Å². The van der Waals surface area contributed by atoms with Gasteiger partial charge in [0.15, 0.2) is 5.60 Å². The van der Waals surface area contributed by atoms with Crippen LogP contribution in [-0.4, -0.2) is 16.7 Å². The van der Waals surface area contributed by atoms with Crippen LogP contribution >= 0.6 is 15.9 Å². The summed E-state index contributed by atoms with van der Waals surface area (Å²) in [5.41, 5.74) is -0.0777. The fourth-order valence-electron chi connectivity index (χ4n) is 0.985. The Bertz CT molecular complexity index is 343. The molecule has 0 bridgehead atoms. The van der Waals surface area contributed by atoms with Gasteiger partial charge in [-0.15, -0.1) is 0 Å². The summed E-state index contributed by atoms with van der Waals surface area (Å²) >= 11 is 3.33. The van der Waals surface area contributed by atoms with Crippen LogP contribution < -0.4 is 4.74 Å². The van der Waals surface area contributed by atoms with Gasteiger partial charge in [-0.05, 0) is 31.5 Å². The highest BCUT2D eigenvalue weighted by Crippen LogP contribution is 2.19. The number of rotatable bonds is 4. The first-order valence-electron chi connectivity index (χ1n) is 4.53. The van der Waals surface area contributed by atoms with Crippen LogP contribution in [0.5, 0.6) is 5.75 Å². The number of aliphatic carboxylic acids is 1. The van der Waals surface area contributed by atoms with Crippen LogP contribution in [0.4, 0.5) is 0 Å². The van der Waals surface area contributed by atoms with Crippen LogP contribution in [0.15, 0.2) is 24.3 Å². The molecule has 0 aliphatic carbocycles. The molecule has 15 heavy (non-hydrogen) atoms. The molecule has 1 rings (SSSR count). The zero-order valence-corrected chi connectivity index (χ0v) is 10.2. The zero-order valence-electron chi connectivity index (χ0n) is 8.66. The molecular formula is C11H13BrO3. The summed E-state index contributed by atoms with van der Waals surface area (Å²) < 4.78 is 5.35. The van der Waals surface area contributed by atoms with E-state index in [2.05, 4.69) is 15.9 Å².